The molecule has 0 bridgehead atoms. The van der Waals surface area contributed by atoms with E-state index in [4.69, 9.17) is 14.2 Å². The van der Waals surface area contributed by atoms with Gasteiger partial charge in [-0.05, 0) is 24.3 Å². The molecule has 0 atom stereocenters. The van der Waals surface area contributed by atoms with Crippen molar-refractivity contribution in [1.82, 2.24) is 10.6 Å². The molecule has 140 valence electrons. The second-order valence-corrected chi connectivity index (χ2v) is 5.34. The third-order valence-electron chi connectivity index (χ3n) is 3.62. The Kier molecular flexibility index (Phi) is 7.54. The van der Waals surface area contributed by atoms with Crippen molar-refractivity contribution in [3.05, 3.63) is 53.8 Å². The van der Waals surface area contributed by atoms with Crippen molar-refractivity contribution in [3.63, 3.8) is 0 Å². The van der Waals surface area contributed by atoms with Crippen LogP contribution < -0.4 is 24.8 Å². The van der Waals surface area contributed by atoms with E-state index in [1.807, 2.05) is 18.2 Å². The van der Waals surface area contributed by atoms with Gasteiger partial charge in [-0.1, -0.05) is 6.07 Å². The van der Waals surface area contributed by atoms with Gasteiger partial charge in [0.05, 0.1) is 20.8 Å². The Hall–Kier alpha value is -2.96. The summed E-state index contributed by atoms with van der Waals surface area (Å²) in [5.74, 6) is 2.29. The lowest BCUT2D eigenvalue weighted by Crippen LogP contribution is -2.38. The van der Waals surface area contributed by atoms with Crippen LogP contribution in [0.1, 0.15) is 5.56 Å². The van der Waals surface area contributed by atoms with Crippen LogP contribution in [-0.2, 0) is 6.54 Å². The highest BCUT2D eigenvalue weighted by molar-refractivity contribution is 5.79. The minimum Gasteiger partial charge on any atom is -0.497 e. The summed E-state index contributed by atoms with van der Waals surface area (Å²) < 4.78 is 29.1. The van der Waals surface area contributed by atoms with E-state index in [1.54, 1.807) is 33.4 Å². The van der Waals surface area contributed by atoms with Gasteiger partial charge in [-0.25, -0.2) is 4.39 Å². The van der Waals surface area contributed by atoms with E-state index in [9.17, 15) is 4.39 Å². The van der Waals surface area contributed by atoms with Crippen molar-refractivity contribution in [1.29, 1.82) is 0 Å². The molecular weight excluding hydrogens is 337 g/mol. The molecule has 7 heteroatoms. The molecule has 2 aromatic carbocycles. The second kappa shape index (κ2) is 10.1. The van der Waals surface area contributed by atoms with Crippen molar-refractivity contribution < 1.29 is 18.6 Å². The van der Waals surface area contributed by atoms with Crippen LogP contribution in [0.25, 0.3) is 0 Å². The summed E-state index contributed by atoms with van der Waals surface area (Å²) in [6.07, 6.45) is 0. The summed E-state index contributed by atoms with van der Waals surface area (Å²) in [5.41, 5.74) is 0.979. The molecule has 0 aliphatic heterocycles. The number of benzene rings is 2. The van der Waals surface area contributed by atoms with Crippen LogP contribution in [0.5, 0.6) is 17.2 Å². The topological polar surface area (TPSA) is 64.1 Å². The normalized spacial score (nSPS) is 11.0. The lowest BCUT2D eigenvalue weighted by Gasteiger charge is -2.14. The molecule has 26 heavy (non-hydrogen) atoms. The fraction of sp³-hybridized carbons (Fsp3) is 0.316. The number of hydrogen-bond donors (Lipinski definition) is 2. The molecule has 0 saturated carbocycles. The van der Waals surface area contributed by atoms with Gasteiger partial charge in [-0.15, -0.1) is 0 Å². The Morgan fingerprint density at radius 2 is 1.88 bits per heavy atom. The van der Waals surface area contributed by atoms with E-state index in [-0.39, 0.29) is 5.82 Å². The largest absolute Gasteiger partial charge is 0.497 e. The highest BCUT2D eigenvalue weighted by atomic mass is 19.1. The van der Waals surface area contributed by atoms with Gasteiger partial charge in [0.15, 0.2) is 5.96 Å². The predicted octanol–water partition coefficient (Wildman–Crippen LogP) is 2.59. The smallest absolute Gasteiger partial charge is 0.191 e. The van der Waals surface area contributed by atoms with Crippen molar-refractivity contribution in [3.8, 4) is 17.2 Å². The maximum Gasteiger partial charge on any atom is 0.191 e. The fourth-order valence-electron chi connectivity index (χ4n) is 2.29. The van der Waals surface area contributed by atoms with Gasteiger partial charge in [0.25, 0.3) is 0 Å². The number of aliphatic imine (C=N–C) groups is 1. The van der Waals surface area contributed by atoms with E-state index in [0.29, 0.717) is 31.4 Å². The third-order valence-corrected chi connectivity index (χ3v) is 3.62. The maximum absolute atomic E-state index is 13.1. The van der Waals surface area contributed by atoms with Crippen LogP contribution in [0, 0.1) is 5.82 Å². The zero-order valence-electron chi connectivity index (χ0n) is 15.2. The first-order valence-electron chi connectivity index (χ1n) is 8.20. The first-order chi connectivity index (χ1) is 12.7. The molecule has 2 aromatic rings. The van der Waals surface area contributed by atoms with Crippen LogP contribution in [0.4, 0.5) is 4.39 Å². The predicted molar refractivity (Wildman–Crippen MR) is 99.6 cm³/mol. The molecule has 0 saturated heterocycles. The molecule has 0 fully saturated rings. The lowest BCUT2D eigenvalue weighted by molar-refractivity contribution is 0.320. The fourth-order valence-corrected chi connectivity index (χ4v) is 2.29. The molecule has 6 nitrogen and oxygen atoms in total. The molecule has 0 spiro atoms. The summed E-state index contributed by atoms with van der Waals surface area (Å²) in [6.45, 7) is 1.45. The maximum atomic E-state index is 13.1. The number of nitrogens with one attached hydrogen (secondary N) is 2. The van der Waals surface area contributed by atoms with Crippen LogP contribution in [0.3, 0.4) is 0 Å². The molecule has 0 heterocycles. The Balaban J connectivity index is 1.79. The highest BCUT2D eigenvalue weighted by Gasteiger charge is 2.06. The van der Waals surface area contributed by atoms with Crippen LogP contribution in [0.2, 0.25) is 0 Å². The van der Waals surface area contributed by atoms with E-state index < -0.39 is 0 Å². The monoisotopic (exact) mass is 361 g/mol. The van der Waals surface area contributed by atoms with Crippen LogP contribution >= 0.6 is 0 Å². The van der Waals surface area contributed by atoms with Gasteiger partial charge < -0.3 is 24.8 Å². The van der Waals surface area contributed by atoms with Gasteiger partial charge in [0.2, 0.25) is 0 Å². The van der Waals surface area contributed by atoms with Gasteiger partial charge in [0.1, 0.15) is 29.7 Å². The number of halogens is 1. The Morgan fingerprint density at radius 1 is 1.04 bits per heavy atom. The van der Waals surface area contributed by atoms with Crippen LogP contribution in [-0.4, -0.2) is 40.4 Å². The number of guanidine groups is 1. The van der Waals surface area contributed by atoms with Gasteiger partial charge in [0, 0.05) is 31.3 Å². The van der Waals surface area contributed by atoms with Crippen LogP contribution in [0.15, 0.2) is 47.5 Å². The quantitative estimate of drug-likeness (QED) is 0.430. The molecule has 2 rings (SSSR count). The van der Waals surface area contributed by atoms with E-state index in [0.717, 1.165) is 17.1 Å². The number of nitrogens with zero attached hydrogens (tertiary/aromatic N) is 1. The number of rotatable bonds is 8. The summed E-state index contributed by atoms with van der Waals surface area (Å²) in [5, 5.41) is 6.35. The number of ether oxygens (including phenoxy) is 3. The van der Waals surface area contributed by atoms with Crippen molar-refractivity contribution >= 4 is 5.96 Å². The molecule has 0 radical (unpaired) electrons. The molecule has 0 unspecified atom stereocenters. The summed E-state index contributed by atoms with van der Waals surface area (Å²) >= 11 is 0. The van der Waals surface area contributed by atoms with E-state index >= 15 is 0 Å². The van der Waals surface area contributed by atoms with E-state index in [2.05, 4.69) is 15.6 Å². The Morgan fingerprint density at radius 3 is 2.58 bits per heavy atom. The third kappa shape index (κ3) is 5.84. The SMILES string of the molecule is CN=C(NCCOc1cccc(F)c1)NCc1ccc(OC)cc1OC. The van der Waals surface area contributed by atoms with E-state index in [1.165, 1.54) is 12.1 Å². The summed E-state index contributed by atoms with van der Waals surface area (Å²) in [4.78, 5) is 4.16. The molecule has 2 N–H and O–H groups in total. The minimum absolute atomic E-state index is 0.318. The average molecular weight is 361 g/mol. The molecular formula is C19H24FN3O3. The van der Waals surface area contributed by atoms with Gasteiger partial charge >= 0.3 is 0 Å². The minimum atomic E-state index is -0.318. The Bertz CT molecular complexity index is 738. The second-order valence-electron chi connectivity index (χ2n) is 5.34. The Labute approximate surface area is 153 Å². The molecule has 0 amide bonds. The zero-order chi connectivity index (χ0) is 18.8. The number of methoxy groups -OCH3 is 2. The zero-order valence-corrected chi connectivity index (χ0v) is 15.2. The molecule has 0 aliphatic carbocycles. The standard InChI is InChI=1S/C19H24FN3O3/c1-21-19(22-9-10-26-17-6-4-5-15(20)11-17)23-13-14-7-8-16(24-2)12-18(14)25-3/h4-8,11-12H,9-10,13H2,1-3H3,(H2,21,22,23). The highest BCUT2D eigenvalue weighted by Crippen LogP contribution is 2.24. The molecule has 0 aromatic heterocycles. The van der Waals surface area contributed by atoms with Gasteiger partial charge in [-0.3, -0.25) is 4.99 Å². The summed E-state index contributed by atoms with van der Waals surface area (Å²) in [6, 6.07) is 11.7. The van der Waals surface area contributed by atoms with Crippen molar-refractivity contribution in [2.24, 2.45) is 4.99 Å². The van der Waals surface area contributed by atoms with Crippen molar-refractivity contribution in [2.75, 3.05) is 34.4 Å². The van der Waals surface area contributed by atoms with Crippen molar-refractivity contribution in [2.45, 2.75) is 6.54 Å². The lowest BCUT2D eigenvalue weighted by atomic mass is 10.2. The average Bonchev–Trinajstić information content (AvgIpc) is 2.67. The first-order valence-corrected chi connectivity index (χ1v) is 8.20. The number of hydrogen-bond acceptors (Lipinski definition) is 4. The summed E-state index contributed by atoms with van der Waals surface area (Å²) in [7, 11) is 4.92. The first kappa shape index (κ1) is 19.4. The molecule has 0 aliphatic rings. The van der Waals surface area contributed by atoms with Gasteiger partial charge in [-0.2, -0.15) is 0 Å².